The molecule has 8 heteroatoms. The molecule has 0 aliphatic carbocycles. The van der Waals surface area contributed by atoms with E-state index in [1.54, 1.807) is 25.5 Å². The van der Waals surface area contributed by atoms with Crippen LogP contribution in [0.15, 0.2) is 65.6 Å². The van der Waals surface area contributed by atoms with Gasteiger partial charge in [-0.3, -0.25) is 4.98 Å². The van der Waals surface area contributed by atoms with Crippen LogP contribution >= 0.6 is 0 Å². The molecule has 0 unspecified atom stereocenters. The van der Waals surface area contributed by atoms with Gasteiger partial charge in [0.05, 0.1) is 37.9 Å². The van der Waals surface area contributed by atoms with Gasteiger partial charge in [0, 0.05) is 41.3 Å². The molecule has 0 bridgehead atoms. The maximum Gasteiger partial charge on any atom is 0.167 e. The third-order valence-electron chi connectivity index (χ3n) is 4.97. The zero-order valence-electron chi connectivity index (χ0n) is 18.7. The summed E-state index contributed by atoms with van der Waals surface area (Å²) in [7, 11) is 0. The molecular weight excluding hydrogens is 430 g/mol. The molecular formula is C26H23N5O3. The third-order valence-corrected chi connectivity index (χ3v) is 4.97. The number of hydrogen-bond acceptors (Lipinski definition) is 7. The molecule has 0 saturated heterocycles. The maximum absolute atomic E-state index is 9.80. The van der Waals surface area contributed by atoms with Gasteiger partial charge in [-0.25, -0.2) is 4.98 Å². The highest BCUT2D eigenvalue weighted by Gasteiger charge is 2.12. The van der Waals surface area contributed by atoms with E-state index in [1.807, 2.05) is 53.1 Å². The molecule has 3 aromatic heterocycles. The fourth-order valence-electron chi connectivity index (χ4n) is 3.26. The second-order valence-electron chi connectivity index (χ2n) is 7.60. The van der Waals surface area contributed by atoms with Crippen LogP contribution in [0.4, 0.5) is 0 Å². The number of hydrogen-bond donors (Lipinski definition) is 1. The highest BCUT2D eigenvalue weighted by molar-refractivity contribution is 5.59. The number of nitrogens with zero attached hydrogens (tertiary/aromatic N) is 5. The van der Waals surface area contributed by atoms with Gasteiger partial charge in [-0.05, 0) is 43.3 Å². The minimum atomic E-state index is -0.655. The van der Waals surface area contributed by atoms with Gasteiger partial charge in [-0.15, -0.1) is 0 Å². The van der Waals surface area contributed by atoms with Crippen LogP contribution in [0, 0.1) is 23.2 Å². The van der Waals surface area contributed by atoms with Crippen LogP contribution in [0.1, 0.15) is 47.8 Å². The van der Waals surface area contributed by atoms with E-state index < -0.39 is 6.10 Å². The molecule has 1 atom stereocenters. The predicted molar refractivity (Wildman–Crippen MR) is 124 cm³/mol. The summed E-state index contributed by atoms with van der Waals surface area (Å²) in [6.45, 7) is 2.93. The van der Waals surface area contributed by atoms with Gasteiger partial charge in [0.2, 0.25) is 0 Å². The molecule has 0 fully saturated rings. The first-order valence-electron chi connectivity index (χ1n) is 10.8. The summed E-state index contributed by atoms with van der Waals surface area (Å²) in [6.07, 6.45) is 4.89. The van der Waals surface area contributed by atoms with Gasteiger partial charge >= 0.3 is 0 Å². The van der Waals surface area contributed by atoms with E-state index in [-0.39, 0.29) is 0 Å². The molecule has 0 radical (unpaired) electrons. The van der Waals surface area contributed by atoms with Gasteiger partial charge in [-0.2, -0.15) is 5.26 Å². The Morgan fingerprint density at radius 1 is 1.09 bits per heavy atom. The lowest BCUT2D eigenvalue weighted by Gasteiger charge is -2.07. The van der Waals surface area contributed by atoms with Crippen molar-refractivity contribution < 1.29 is 14.4 Å². The summed E-state index contributed by atoms with van der Waals surface area (Å²) in [5, 5.41) is 22.5. The molecule has 0 amide bonds. The fraction of sp³-hybridized carbons (Fsp3) is 0.231. The number of aromatic nitrogens is 4. The Morgan fingerprint density at radius 2 is 1.88 bits per heavy atom. The van der Waals surface area contributed by atoms with Crippen LogP contribution in [-0.4, -0.2) is 31.4 Å². The lowest BCUT2D eigenvalue weighted by molar-refractivity contribution is 0.123. The van der Waals surface area contributed by atoms with Gasteiger partial charge in [0.1, 0.15) is 17.6 Å². The van der Waals surface area contributed by atoms with E-state index >= 15 is 0 Å². The van der Waals surface area contributed by atoms with Crippen LogP contribution in [0.3, 0.4) is 0 Å². The summed E-state index contributed by atoms with van der Waals surface area (Å²) >= 11 is 0. The van der Waals surface area contributed by atoms with Crippen LogP contribution in [0.25, 0.3) is 11.3 Å². The lowest BCUT2D eigenvalue weighted by Crippen LogP contribution is -2.07. The molecule has 8 nitrogen and oxygen atoms in total. The predicted octanol–water partition coefficient (Wildman–Crippen LogP) is 3.86. The van der Waals surface area contributed by atoms with Crippen molar-refractivity contribution in [1.82, 2.24) is 19.7 Å². The van der Waals surface area contributed by atoms with Crippen molar-refractivity contribution in [3.8, 4) is 29.2 Å². The Balaban J connectivity index is 1.37. The van der Waals surface area contributed by atoms with Gasteiger partial charge in [-0.1, -0.05) is 17.0 Å². The first-order valence-corrected chi connectivity index (χ1v) is 10.8. The number of pyridine rings is 1. The number of imidazole rings is 1. The number of rotatable bonds is 8. The molecule has 3 heterocycles. The summed E-state index contributed by atoms with van der Waals surface area (Å²) in [6, 6.07) is 15.4. The van der Waals surface area contributed by atoms with Crippen molar-refractivity contribution >= 4 is 0 Å². The topological polar surface area (TPSA) is 110 Å². The average molecular weight is 454 g/mol. The number of ether oxygens (including phenoxy) is 1. The second-order valence-corrected chi connectivity index (χ2v) is 7.60. The normalized spacial score (nSPS) is 11.4. The monoisotopic (exact) mass is 453 g/mol. The fourth-order valence-corrected chi connectivity index (χ4v) is 3.26. The van der Waals surface area contributed by atoms with Crippen molar-refractivity contribution in [3.05, 3.63) is 89.4 Å². The van der Waals surface area contributed by atoms with E-state index in [1.165, 1.54) is 0 Å². The Morgan fingerprint density at radius 3 is 2.62 bits per heavy atom. The smallest absolute Gasteiger partial charge is 0.167 e. The Bertz CT molecular complexity index is 1320. The highest BCUT2D eigenvalue weighted by Crippen LogP contribution is 2.22. The van der Waals surface area contributed by atoms with E-state index in [0.29, 0.717) is 37.8 Å². The maximum atomic E-state index is 9.80. The molecule has 4 rings (SSSR count). The van der Waals surface area contributed by atoms with Crippen molar-refractivity contribution in [2.75, 3.05) is 6.61 Å². The average Bonchev–Trinajstić information content (AvgIpc) is 3.52. The summed E-state index contributed by atoms with van der Waals surface area (Å²) < 4.78 is 12.7. The first kappa shape index (κ1) is 22.9. The summed E-state index contributed by atoms with van der Waals surface area (Å²) in [4.78, 5) is 8.51. The molecule has 4 aromatic rings. The third kappa shape index (κ3) is 5.96. The number of aliphatic hydroxyl groups is 1. The number of benzene rings is 1. The van der Waals surface area contributed by atoms with Crippen LogP contribution in [0.2, 0.25) is 0 Å². The SMILES string of the molecule is C[C@H](O)c1nccn1Cc1cc(-c2ccc(C#Cc3ccc(COCCC#N)nc3)cc2)on1. The van der Waals surface area contributed by atoms with Gasteiger partial charge in [0.15, 0.2) is 5.76 Å². The van der Waals surface area contributed by atoms with Crippen LogP contribution in [0.5, 0.6) is 0 Å². The van der Waals surface area contributed by atoms with Crippen molar-refractivity contribution in [3.63, 3.8) is 0 Å². The molecule has 0 aliphatic heterocycles. The molecule has 34 heavy (non-hydrogen) atoms. The van der Waals surface area contributed by atoms with Crippen LogP contribution in [-0.2, 0) is 17.9 Å². The van der Waals surface area contributed by atoms with Crippen molar-refractivity contribution in [1.29, 1.82) is 5.26 Å². The zero-order valence-corrected chi connectivity index (χ0v) is 18.7. The molecule has 170 valence electrons. The van der Waals surface area contributed by atoms with Gasteiger partial charge in [0.25, 0.3) is 0 Å². The Kier molecular flexibility index (Phi) is 7.46. The molecule has 1 N–H and O–H groups in total. The molecule has 0 saturated carbocycles. The van der Waals surface area contributed by atoms with Crippen LogP contribution < -0.4 is 0 Å². The molecule has 0 spiro atoms. The highest BCUT2D eigenvalue weighted by atomic mass is 16.5. The quantitative estimate of drug-likeness (QED) is 0.319. The van der Waals surface area contributed by atoms with Crippen molar-refractivity contribution in [2.45, 2.75) is 32.6 Å². The summed E-state index contributed by atoms with van der Waals surface area (Å²) in [5.74, 6) is 7.48. The van der Waals surface area contributed by atoms with E-state index in [2.05, 4.69) is 27.0 Å². The van der Waals surface area contributed by atoms with E-state index in [9.17, 15) is 5.11 Å². The molecule has 0 aliphatic rings. The van der Waals surface area contributed by atoms with Gasteiger partial charge < -0.3 is 18.9 Å². The van der Waals surface area contributed by atoms with E-state index in [0.717, 1.165) is 28.1 Å². The second kappa shape index (κ2) is 11.1. The Labute approximate surface area is 197 Å². The zero-order chi connectivity index (χ0) is 23.8. The standard InChI is InChI=1S/C26H23N5O3/c1-19(32)26-28-12-13-31(26)17-24-15-25(34-30-24)22-8-5-20(6-9-22)3-4-21-7-10-23(29-16-21)18-33-14-2-11-27/h5-10,12-13,15-16,19,32H,2,14,17-18H2,1H3/t19-/m0/s1. The molecule has 1 aromatic carbocycles. The number of nitriles is 1. The lowest BCUT2D eigenvalue weighted by atomic mass is 10.1. The minimum Gasteiger partial charge on any atom is -0.385 e. The summed E-state index contributed by atoms with van der Waals surface area (Å²) in [5.41, 5.74) is 4.11. The minimum absolute atomic E-state index is 0.371. The largest absolute Gasteiger partial charge is 0.385 e. The van der Waals surface area contributed by atoms with E-state index in [4.69, 9.17) is 14.5 Å². The number of aliphatic hydroxyl groups excluding tert-OH is 1. The van der Waals surface area contributed by atoms with Crippen molar-refractivity contribution in [2.24, 2.45) is 0 Å². The first-order chi connectivity index (χ1) is 16.6. The Hall–Kier alpha value is -4.24.